The topological polar surface area (TPSA) is 3.24 Å². The zero-order chi connectivity index (χ0) is 11.8. The number of piperidine rings is 1. The molecule has 2 fully saturated rings. The molecule has 1 aromatic carbocycles. The fourth-order valence-electron chi connectivity index (χ4n) is 3.37. The van der Waals surface area contributed by atoms with Crippen molar-refractivity contribution in [3.63, 3.8) is 0 Å². The summed E-state index contributed by atoms with van der Waals surface area (Å²) in [4.78, 5) is 2.57. The summed E-state index contributed by atoms with van der Waals surface area (Å²) in [5.74, 6) is -0.244. The Balaban J connectivity index is 1.88. The lowest BCUT2D eigenvalue weighted by Gasteiger charge is -2.34. The van der Waals surface area contributed by atoms with E-state index in [0.29, 0.717) is 11.1 Å². The van der Waals surface area contributed by atoms with Crippen molar-refractivity contribution in [1.29, 1.82) is 0 Å². The standard InChI is InChI=1S/C14H17ClFN/c15-13-9-10(16)4-6-12(13)14-7-5-11-3-1-2-8-17(11)14/h4,6,9,11,14H,1-3,5,7-8H2/t11-,14+/m1/s1. The Hall–Kier alpha value is -0.600. The van der Waals surface area contributed by atoms with Gasteiger partial charge in [0.1, 0.15) is 5.82 Å². The summed E-state index contributed by atoms with van der Waals surface area (Å²) in [7, 11) is 0. The summed E-state index contributed by atoms with van der Waals surface area (Å²) in [6, 6.07) is 5.97. The Bertz CT molecular complexity index is 421. The van der Waals surface area contributed by atoms with Gasteiger partial charge in [0, 0.05) is 17.1 Å². The minimum absolute atomic E-state index is 0.244. The summed E-state index contributed by atoms with van der Waals surface area (Å²) in [5.41, 5.74) is 1.11. The van der Waals surface area contributed by atoms with Crippen molar-refractivity contribution in [1.82, 2.24) is 4.90 Å². The number of rotatable bonds is 1. The first-order valence-corrected chi connectivity index (χ1v) is 6.84. The van der Waals surface area contributed by atoms with Crippen LogP contribution in [0.5, 0.6) is 0 Å². The highest BCUT2D eigenvalue weighted by atomic mass is 35.5. The van der Waals surface area contributed by atoms with Crippen molar-refractivity contribution in [3.05, 3.63) is 34.6 Å². The molecule has 0 saturated carbocycles. The maximum absolute atomic E-state index is 13.1. The number of fused-ring (bicyclic) bond motifs is 1. The predicted octanol–water partition coefficient (Wildman–Crippen LogP) is 4.17. The van der Waals surface area contributed by atoms with E-state index in [9.17, 15) is 4.39 Å². The molecule has 17 heavy (non-hydrogen) atoms. The zero-order valence-electron chi connectivity index (χ0n) is 9.83. The van der Waals surface area contributed by atoms with Gasteiger partial charge in [0.15, 0.2) is 0 Å². The van der Waals surface area contributed by atoms with E-state index in [2.05, 4.69) is 4.90 Å². The molecule has 2 atom stereocenters. The highest BCUT2D eigenvalue weighted by molar-refractivity contribution is 6.31. The Morgan fingerprint density at radius 1 is 1.18 bits per heavy atom. The van der Waals surface area contributed by atoms with E-state index < -0.39 is 0 Å². The second kappa shape index (κ2) is 4.58. The van der Waals surface area contributed by atoms with Crippen molar-refractivity contribution in [3.8, 4) is 0 Å². The van der Waals surface area contributed by atoms with E-state index in [1.807, 2.05) is 6.07 Å². The summed E-state index contributed by atoms with van der Waals surface area (Å²) < 4.78 is 13.1. The first-order chi connectivity index (χ1) is 8.25. The van der Waals surface area contributed by atoms with Crippen LogP contribution in [0.15, 0.2) is 18.2 Å². The monoisotopic (exact) mass is 253 g/mol. The van der Waals surface area contributed by atoms with E-state index >= 15 is 0 Å². The molecule has 0 aliphatic carbocycles. The molecular formula is C14H17ClFN. The fraction of sp³-hybridized carbons (Fsp3) is 0.571. The van der Waals surface area contributed by atoms with Crippen LogP contribution in [-0.4, -0.2) is 17.5 Å². The summed E-state index contributed by atoms with van der Waals surface area (Å²) in [6.45, 7) is 1.17. The van der Waals surface area contributed by atoms with Gasteiger partial charge in [0.25, 0.3) is 0 Å². The van der Waals surface area contributed by atoms with Gasteiger partial charge in [-0.15, -0.1) is 0 Å². The van der Waals surface area contributed by atoms with Crippen LogP contribution in [0.2, 0.25) is 5.02 Å². The third kappa shape index (κ3) is 2.09. The lowest BCUT2D eigenvalue weighted by atomic mass is 10.0. The second-order valence-corrected chi connectivity index (χ2v) is 5.55. The summed E-state index contributed by atoms with van der Waals surface area (Å²) in [5, 5.41) is 0.584. The van der Waals surface area contributed by atoms with Gasteiger partial charge in [0.2, 0.25) is 0 Å². The number of hydrogen-bond donors (Lipinski definition) is 0. The number of benzene rings is 1. The van der Waals surface area contributed by atoms with Gasteiger partial charge < -0.3 is 0 Å². The van der Waals surface area contributed by atoms with Gasteiger partial charge in [-0.1, -0.05) is 24.1 Å². The number of hydrogen-bond acceptors (Lipinski definition) is 1. The van der Waals surface area contributed by atoms with Gasteiger partial charge in [-0.3, -0.25) is 4.90 Å². The predicted molar refractivity (Wildman–Crippen MR) is 67.7 cm³/mol. The first-order valence-electron chi connectivity index (χ1n) is 6.46. The van der Waals surface area contributed by atoms with Crippen molar-refractivity contribution in [2.24, 2.45) is 0 Å². The zero-order valence-corrected chi connectivity index (χ0v) is 10.6. The van der Waals surface area contributed by atoms with Crippen LogP contribution in [0.4, 0.5) is 4.39 Å². The van der Waals surface area contributed by atoms with E-state index in [-0.39, 0.29) is 5.82 Å². The van der Waals surface area contributed by atoms with E-state index in [1.54, 1.807) is 0 Å². The Morgan fingerprint density at radius 3 is 2.88 bits per heavy atom. The molecule has 1 aromatic rings. The number of nitrogens with zero attached hydrogens (tertiary/aromatic N) is 1. The molecule has 1 nitrogen and oxygen atoms in total. The van der Waals surface area contributed by atoms with Gasteiger partial charge >= 0.3 is 0 Å². The van der Waals surface area contributed by atoms with E-state index in [1.165, 1.54) is 44.4 Å². The molecule has 0 unspecified atom stereocenters. The smallest absolute Gasteiger partial charge is 0.124 e. The molecule has 3 rings (SSSR count). The maximum Gasteiger partial charge on any atom is 0.124 e. The Morgan fingerprint density at radius 2 is 2.06 bits per heavy atom. The van der Waals surface area contributed by atoms with Crippen molar-refractivity contribution in [2.75, 3.05) is 6.54 Å². The first kappa shape index (κ1) is 11.5. The molecule has 0 aromatic heterocycles. The average molecular weight is 254 g/mol. The van der Waals surface area contributed by atoms with Crippen LogP contribution in [0.25, 0.3) is 0 Å². The Labute approximate surface area is 107 Å². The average Bonchev–Trinajstić information content (AvgIpc) is 2.73. The molecule has 2 saturated heterocycles. The molecule has 0 radical (unpaired) electrons. The minimum atomic E-state index is -0.244. The fourth-order valence-corrected chi connectivity index (χ4v) is 3.66. The third-order valence-electron chi connectivity index (χ3n) is 4.17. The van der Waals surface area contributed by atoms with Crippen LogP contribution < -0.4 is 0 Å². The molecular weight excluding hydrogens is 237 g/mol. The molecule has 92 valence electrons. The maximum atomic E-state index is 13.1. The molecule has 0 spiro atoms. The molecule has 0 N–H and O–H groups in total. The van der Waals surface area contributed by atoms with Crippen molar-refractivity contribution >= 4 is 11.6 Å². The normalized spacial score (nSPS) is 29.3. The van der Waals surface area contributed by atoms with Crippen LogP contribution in [0.1, 0.15) is 43.7 Å². The van der Waals surface area contributed by atoms with Crippen molar-refractivity contribution < 1.29 is 4.39 Å². The lowest BCUT2D eigenvalue weighted by Crippen LogP contribution is -2.35. The van der Waals surface area contributed by atoms with Crippen LogP contribution in [0, 0.1) is 5.82 Å². The second-order valence-electron chi connectivity index (χ2n) is 5.15. The molecule has 2 heterocycles. The van der Waals surface area contributed by atoms with E-state index in [0.717, 1.165) is 18.0 Å². The highest BCUT2D eigenvalue weighted by Crippen LogP contribution is 2.42. The number of halogens is 2. The summed E-state index contributed by atoms with van der Waals surface area (Å²) >= 11 is 6.17. The van der Waals surface area contributed by atoms with Crippen LogP contribution in [0.3, 0.4) is 0 Å². The van der Waals surface area contributed by atoms with Gasteiger partial charge in [-0.05, 0) is 49.9 Å². The third-order valence-corrected chi connectivity index (χ3v) is 4.50. The largest absolute Gasteiger partial charge is 0.293 e. The van der Waals surface area contributed by atoms with E-state index in [4.69, 9.17) is 11.6 Å². The van der Waals surface area contributed by atoms with Gasteiger partial charge in [-0.2, -0.15) is 0 Å². The summed E-state index contributed by atoms with van der Waals surface area (Å²) in [6.07, 6.45) is 6.38. The molecule has 0 amide bonds. The minimum Gasteiger partial charge on any atom is -0.293 e. The molecule has 0 bridgehead atoms. The van der Waals surface area contributed by atoms with Crippen molar-refractivity contribution in [2.45, 2.75) is 44.2 Å². The SMILES string of the molecule is Fc1ccc([C@@H]2CC[C@H]3CCCCN32)c(Cl)c1. The molecule has 2 aliphatic rings. The van der Waals surface area contributed by atoms with Crippen LogP contribution >= 0.6 is 11.6 Å². The van der Waals surface area contributed by atoms with Gasteiger partial charge in [-0.25, -0.2) is 4.39 Å². The Kier molecular flexibility index (Phi) is 3.10. The quantitative estimate of drug-likeness (QED) is 0.726. The molecule has 2 aliphatic heterocycles. The lowest BCUT2D eigenvalue weighted by molar-refractivity contribution is 0.150. The molecule has 3 heteroatoms. The van der Waals surface area contributed by atoms with Gasteiger partial charge in [0.05, 0.1) is 0 Å². The highest BCUT2D eigenvalue weighted by Gasteiger charge is 2.36. The van der Waals surface area contributed by atoms with Crippen LogP contribution in [-0.2, 0) is 0 Å².